The minimum Gasteiger partial charge on any atom is -0.465 e. The number of piperazine rings is 1. The van der Waals surface area contributed by atoms with E-state index in [0.717, 1.165) is 44.2 Å². The van der Waals surface area contributed by atoms with Crippen LogP contribution in [0.1, 0.15) is 42.3 Å². The molecule has 1 unspecified atom stereocenters. The Morgan fingerprint density at radius 2 is 1.92 bits per heavy atom. The van der Waals surface area contributed by atoms with Crippen LogP contribution in [0.15, 0.2) is 0 Å². The number of halogens is 1. The highest BCUT2D eigenvalue weighted by Crippen LogP contribution is 2.31. The van der Waals surface area contributed by atoms with Gasteiger partial charge in [-0.2, -0.15) is 0 Å². The predicted molar refractivity (Wildman–Crippen MR) is 102 cm³/mol. The number of carbonyl (C=O) groups is 2. The number of rotatable bonds is 5. The van der Waals surface area contributed by atoms with E-state index in [1.165, 1.54) is 31.3 Å². The molecule has 0 radical (unpaired) electrons. The number of methoxy groups -OCH3 is 1. The number of hydrogen-bond donors (Lipinski definition) is 1. The minimum absolute atomic E-state index is 0.121. The summed E-state index contributed by atoms with van der Waals surface area (Å²) in [5, 5.41) is 4.08. The Balaban J connectivity index is 1.53. The second kappa shape index (κ2) is 8.54. The number of aromatic nitrogens is 1. The maximum Gasteiger partial charge on any atom is 0.351 e. The molecule has 0 bridgehead atoms. The van der Waals surface area contributed by atoms with Crippen LogP contribution >= 0.6 is 22.9 Å². The van der Waals surface area contributed by atoms with E-state index in [9.17, 15) is 9.59 Å². The molecule has 2 heterocycles. The first-order valence-electron chi connectivity index (χ1n) is 9.03. The maximum absolute atomic E-state index is 12.5. The molecule has 1 amide bonds. The fraction of sp³-hybridized carbons (Fsp3) is 0.706. The van der Waals surface area contributed by atoms with Crippen LogP contribution < -0.4 is 10.2 Å². The Bertz CT molecular complexity index is 654. The van der Waals surface area contributed by atoms with Crippen molar-refractivity contribution >= 4 is 39.9 Å². The summed E-state index contributed by atoms with van der Waals surface area (Å²) in [7, 11) is 1.33. The lowest BCUT2D eigenvalue weighted by atomic mass is 10.2. The molecular weight excluding hydrogens is 376 g/mol. The van der Waals surface area contributed by atoms with Gasteiger partial charge in [0, 0.05) is 32.2 Å². The topological polar surface area (TPSA) is 74.8 Å². The SMILES string of the molecule is COC(=O)c1sc(N2CCN(C(C)C(=O)NC3CCCC3)CC2)nc1Cl. The summed E-state index contributed by atoms with van der Waals surface area (Å²) in [5.41, 5.74) is 0. The van der Waals surface area contributed by atoms with E-state index >= 15 is 0 Å². The third kappa shape index (κ3) is 4.29. The average Bonchev–Trinajstić information content (AvgIpc) is 3.30. The van der Waals surface area contributed by atoms with Crippen molar-refractivity contribution in [3.8, 4) is 0 Å². The average molecular weight is 401 g/mol. The highest BCUT2D eigenvalue weighted by atomic mass is 35.5. The third-order valence-electron chi connectivity index (χ3n) is 5.16. The number of anilines is 1. The van der Waals surface area contributed by atoms with E-state index < -0.39 is 5.97 Å². The minimum atomic E-state index is -0.463. The molecule has 1 aliphatic heterocycles. The summed E-state index contributed by atoms with van der Waals surface area (Å²) in [6.45, 7) is 4.99. The summed E-state index contributed by atoms with van der Waals surface area (Å²) < 4.78 is 4.72. The van der Waals surface area contributed by atoms with Crippen LogP contribution in [-0.2, 0) is 9.53 Å². The third-order valence-corrected chi connectivity index (χ3v) is 6.64. The van der Waals surface area contributed by atoms with Gasteiger partial charge >= 0.3 is 5.97 Å². The molecule has 0 aromatic carbocycles. The van der Waals surface area contributed by atoms with Crippen LogP contribution in [0.2, 0.25) is 5.15 Å². The number of carbonyl (C=O) groups excluding carboxylic acids is 2. The monoisotopic (exact) mass is 400 g/mol. The fourth-order valence-corrected chi connectivity index (χ4v) is 4.75. The normalized spacial score (nSPS) is 20.2. The Morgan fingerprint density at radius 3 is 2.54 bits per heavy atom. The van der Waals surface area contributed by atoms with Crippen molar-refractivity contribution < 1.29 is 14.3 Å². The number of nitrogens with zero attached hydrogens (tertiary/aromatic N) is 3. The zero-order valence-corrected chi connectivity index (χ0v) is 16.7. The van der Waals surface area contributed by atoms with Crippen LogP contribution in [0.3, 0.4) is 0 Å². The highest BCUT2D eigenvalue weighted by Gasteiger charge is 2.29. The Hall–Kier alpha value is -1.38. The van der Waals surface area contributed by atoms with Crippen LogP contribution in [0.25, 0.3) is 0 Å². The fourth-order valence-electron chi connectivity index (χ4n) is 3.50. The summed E-state index contributed by atoms with van der Waals surface area (Å²) >= 11 is 7.29. The molecular formula is C17H25ClN4O3S. The van der Waals surface area contributed by atoms with Crippen molar-refractivity contribution in [3.05, 3.63) is 10.0 Å². The molecule has 2 aliphatic rings. The molecule has 144 valence electrons. The van der Waals surface area contributed by atoms with Crippen molar-refractivity contribution in [2.45, 2.75) is 44.7 Å². The number of nitrogens with one attached hydrogen (secondary N) is 1. The zero-order valence-electron chi connectivity index (χ0n) is 15.2. The molecule has 0 spiro atoms. The smallest absolute Gasteiger partial charge is 0.351 e. The van der Waals surface area contributed by atoms with Crippen LogP contribution in [0.5, 0.6) is 0 Å². The molecule has 3 rings (SSSR count). The highest BCUT2D eigenvalue weighted by molar-refractivity contribution is 7.18. The summed E-state index contributed by atoms with van der Waals surface area (Å²) in [5.74, 6) is -0.342. The number of thiazole rings is 1. The molecule has 1 atom stereocenters. The summed E-state index contributed by atoms with van der Waals surface area (Å²) in [4.78, 5) is 33.0. The standard InChI is InChI=1S/C17H25ClN4O3S/c1-11(15(23)19-12-5-3-4-6-12)21-7-9-22(10-8-21)17-20-14(18)13(26-17)16(24)25-2/h11-12H,3-10H2,1-2H3,(H,19,23). The molecule has 26 heavy (non-hydrogen) atoms. The van der Waals surface area contributed by atoms with Crippen molar-refractivity contribution in [2.24, 2.45) is 0 Å². The molecule has 1 N–H and O–H groups in total. The van der Waals surface area contributed by atoms with Crippen LogP contribution in [0.4, 0.5) is 5.13 Å². The summed E-state index contributed by atoms with van der Waals surface area (Å²) in [6, 6.07) is 0.212. The van der Waals surface area contributed by atoms with E-state index in [0.29, 0.717) is 10.9 Å². The van der Waals surface area contributed by atoms with Gasteiger partial charge in [-0.05, 0) is 19.8 Å². The van der Waals surface area contributed by atoms with Gasteiger partial charge in [-0.15, -0.1) is 0 Å². The maximum atomic E-state index is 12.5. The van der Waals surface area contributed by atoms with Gasteiger partial charge in [0.25, 0.3) is 0 Å². The lowest BCUT2D eigenvalue weighted by Gasteiger charge is -2.37. The van der Waals surface area contributed by atoms with Gasteiger partial charge in [-0.25, -0.2) is 9.78 Å². The van der Waals surface area contributed by atoms with Gasteiger partial charge in [-0.3, -0.25) is 9.69 Å². The van der Waals surface area contributed by atoms with Gasteiger partial charge in [0.05, 0.1) is 13.2 Å². The van der Waals surface area contributed by atoms with Gasteiger partial charge in [0.2, 0.25) is 5.91 Å². The molecule has 1 aromatic rings. The Morgan fingerprint density at radius 1 is 1.27 bits per heavy atom. The lowest BCUT2D eigenvalue weighted by Crippen LogP contribution is -2.54. The van der Waals surface area contributed by atoms with E-state index in [1.54, 1.807) is 0 Å². The van der Waals surface area contributed by atoms with E-state index in [2.05, 4.69) is 20.1 Å². The van der Waals surface area contributed by atoms with Crippen molar-refractivity contribution in [2.75, 3.05) is 38.2 Å². The molecule has 1 saturated carbocycles. The zero-order chi connectivity index (χ0) is 18.7. The van der Waals surface area contributed by atoms with E-state index in [1.807, 2.05) is 6.92 Å². The largest absolute Gasteiger partial charge is 0.465 e. The number of esters is 1. The number of amides is 1. The summed E-state index contributed by atoms with van der Waals surface area (Å²) in [6.07, 6.45) is 4.61. The predicted octanol–water partition coefficient (Wildman–Crippen LogP) is 2.15. The first-order valence-corrected chi connectivity index (χ1v) is 10.2. The number of ether oxygens (including phenoxy) is 1. The van der Waals surface area contributed by atoms with Gasteiger partial charge in [0.1, 0.15) is 0 Å². The first-order chi connectivity index (χ1) is 12.5. The molecule has 1 aliphatic carbocycles. The molecule has 7 nitrogen and oxygen atoms in total. The van der Waals surface area contributed by atoms with Crippen LogP contribution in [0, 0.1) is 0 Å². The van der Waals surface area contributed by atoms with Crippen LogP contribution in [-0.4, -0.2) is 67.1 Å². The van der Waals surface area contributed by atoms with Gasteiger partial charge in [0.15, 0.2) is 15.2 Å². The quantitative estimate of drug-likeness (QED) is 0.763. The first kappa shape index (κ1) is 19.4. The molecule has 9 heteroatoms. The van der Waals surface area contributed by atoms with Gasteiger partial charge < -0.3 is 15.0 Å². The molecule has 2 fully saturated rings. The van der Waals surface area contributed by atoms with E-state index in [4.69, 9.17) is 16.3 Å². The Labute approximate surface area is 162 Å². The Kier molecular flexibility index (Phi) is 6.37. The second-order valence-electron chi connectivity index (χ2n) is 6.80. The van der Waals surface area contributed by atoms with Gasteiger partial charge in [-0.1, -0.05) is 35.8 Å². The second-order valence-corrected chi connectivity index (χ2v) is 8.13. The molecule has 1 saturated heterocycles. The number of hydrogen-bond acceptors (Lipinski definition) is 7. The lowest BCUT2D eigenvalue weighted by molar-refractivity contribution is -0.126. The van der Waals surface area contributed by atoms with Crippen molar-refractivity contribution in [3.63, 3.8) is 0 Å². The van der Waals surface area contributed by atoms with Crippen molar-refractivity contribution in [1.82, 2.24) is 15.2 Å². The van der Waals surface area contributed by atoms with Crippen molar-refractivity contribution in [1.29, 1.82) is 0 Å². The molecule has 1 aromatic heterocycles. The van der Waals surface area contributed by atoms with E-state index in [-0.39, 0.29) is 17.1 Å².